The van der Waals surface area contributed by atoms with Crippen LogP contribution in [0.25, 0.3) is 0 Å². The second-order valence-corrected chi connectivity index (χ2v) is 5.90. The minimum absolute atomic E-state index is 0.00216. The first-order chi connectivity index (χ1) is 8.61. The Kier molecular flexibility index (Phi) is 7.16. The molecule has 0 saturated carbocycles. The van der Waals surface area contributed by atoms with Gasteiger partial charge in [0.05, 0.1) is 12.4 Å². The topological polar surface area (TPSA) is 49.3 Å². The van der Waals surface area contributed by atoms with Crippen LogP contribution in [-0.4, -0.2) is 35.2 Å². The molecule has 1 amide bonds. The molecule has 0 aliphatic heterocycles. The van der Waals surface area contributed by atoms with Gasteiger partial charge in [-0.15, -0.1) is 11.8 Å². The third-order valence-electron chi connectivity index (χ3n) is 2.38. The number of hydrogen-bond acceptors (Lipinski definition) is 3. The largest absolute Gasteiger partial charge is 0.395 e. The van der Waals surface area contributed by atoms with Gasteiger partial charge in [0.2, 0.25) is 5.91 Å². The molecule has 18 heavy (non-hydrogen) atoms. The van der Waals surface area contributed by atoms with E-state index in [1.807, 2.05) is 31.2 Å². The van der Waals surface area contributed by atoms with Crippen molar-refractivity contribution in [1.29, 1.82) is 0 Å². The number of hydrogen-bond donors (Lipinski definition) is 2. The zero-order valence-electron chi connectivity index (χ0n) is 10.4. The first-order valence-electron chi connectivity index (χ1n) is 5.85. The quantitative estimate of drug-likeness (QED) is 0.808. The average molecular weight is 288 g/mol. The highest BCUT2D eigenvalue weighted by Gasteiger charge is 2.05. The summed E-state index contributed by atoms with van der Waals surface area (Å²) in [5.74, 6) is 0.388. The van der Waals surface area contributed by atoms with Crippen molar-refractivity contribution in [3.05, 3.63) is 34.9 Å². The van der Waals surface area contributed by atoms with Gasteiger partial charge < -0.3 is 10.4 Å². The third kappa shape index (κ3) is 6.28. The minimum Gasteiger partial charge on any atom is -0.395 e. The van der Waals surface area contributed by atoms with Crippen molar-refractivity contribution in [2.45, 2.75) is 18.6 Å². The lowest BCUT2D eigenvalue weighted by Gasteiger charge is -2.08. The van der Waals surface area contributed by atoms with Crippen LogP contribution >= 0.6 is 23.4 Å². The molecule has 0 aliphatic carbocycles. The van der Waals surface area contributed by atoms with Gasteiger partial charge in [-0.05, 0) is 24.1 Å². The molecule has 5 heteroatoms. The van der Waals surface area contributed by atoms with Gasteiger partial charge in [0.25, 0.3) is 0 Å². The number of carbonyl (C=O) groups is 1. The van der Waals surface area contributed by atoms with E-state index in [4.69, 9.17) is 16.7 Å². The summed E-state index contributed by atoms with van der Waals surface area (Å²) in [6.07, 6.45) is 0.770. The molecule has 1 atom stereocenters. The van der Waals surface area contributed by atoms with Crippen LogP contribution in [0.4, 0.5) is 0 Å². The SMILES string of the molecule is CC(CO)SCC(=O)NCCc1cccc(Cl)c1. The van der Waals surface area contributed by atoms with Gasteiger partial charge in [-0.1, -0.05) is 30.7 Å². The van der Waals surface area contributed by atoms with E-state index < -0.39 is 0 Å². The standard InChI is InChI=1S/C13H18ClNO2S/c1-10(8-16)18-9-13(17)15-6-5-11-3-2-4-12(14)7-11/h2-4,7,10,16H,5-6,8-9H2,1H3,(H,15,17). The van der Waals surface area contributed by atoms with E-state index in [1.54, 1.807) is 0 Å². The van der Waals surface area contributed by atoms with Crippen molar-refractivity contribution in [3.8, 4) is 0 Å². The molecule has 0 fully saturated rings. The summed E-state index contributed by atoms with van der Waals surface area (Å²) in [7, 11) is 0. The number of halogens is 1. The fourth-order valence-electron chi connectivity index (χ4n) is 1.36. The molecule has 0 spiro atoms. The van der Waals surface area contributed by atoms with Gasteiger partial charge in [0.15, 0.2) is 0 Å². The Morgan fingerprint density at radius 2 is 2.33 bits per heavy atom. The van der Waals surface area contributed by atoms with E-state index in [9.17, 15) is 4.79 Å². The monoisotopic (exact) mass is 287 g/mol. The van der Waals surface area contributed by atoms with Crippen molar-refractivity contribution in [1.82, 2.24) is 5.32 Å². The van der Waals surface area contributed by atoms with Gasteiger partial charge in [-0.25, -0.2) is 0 Å². The lowest BCUT2D eigenvalue weighted by atomic mass is 10.1. The van der Waals surface area contributed by atoms with E-state index in [0.717, 1.165) is 12.0 Å². The van der Waals surface area contributed by atoms with E-state index in [0.29, 0.717) is 17.3 Å². The first kappa shape index (κ1) is 15.3. The van der Waals surface area contributed by atoms with E-state index >= 15 is 0 Å². The molecule has 1 unspecified atom stereocenters. The minimum atomic E-state index is 0.00216. The molecule has 0 aliphatic rings. The average Bonchev–Trinajstić information content (AvgIpc) is 2.36. The fraction of sp³-hybridized carbons (Fsp3) is 0.462. The molecular weight excluding hydrogens is 270 g/mol. The van der Waals surface area contributed by atoms with Crippen LogP contribution in [-0.2, 0) is 11.2 Å². The van der Waals surface area contributed by atoms with Crippen molar-refractivity contribution in [2.24, 2.45) is 0 Å². The van der Waals surface area contributed by atoms with Crippen LogP contribution in [0.3, 0.4) is 0 Å². The van der Waals surface area contributed by atoms with E-state index in [2.05, 4.69) is 5.32 Å². The number of amides is 1. The summed E-state index contributed by atoms with van der Waals surface area (Å²) in [6, 6.07) is 7.62. The highest BCUT2D eigenvalue weighted by atomic mass is 35.5. The fourth-order valence-corrected chi connectivity index (χ4v) is 2.22. The number of benzene rings is 1. The molecule has 0 radical (unpaired) electrons. The summed E-state index contributed by atoms with van der Waals surface area (Å²) in [5, 5.41) is 12.5. The zero-order valence-corrected chi connectivity index (χ0v) is 11.9. The normalized spacial score (nSPS) is 12.2. The number of carbonyl (C=O) groups excluding carboxylic acids is 1. The molecule has 0 aromatic heterocycles. The Morgan fingerprint density at radius 3 is 3.00 bits per heavy atom. The molecule has 0 heterocycles. The van der Waals surface area contributed by atoms with Gasteiger partial charge in [0, 0.05) is 16.8 Å². The lowest BCUT2D eigenvalue weighted by molar-refractivity contribution is -0.118. The van der Waals surface area contributed by atoms with Crippen molar-refractivity contribution >= 4 is 29.3 Å². The second kappa shape index (κ2) is 8.40. The maximum Gasteiger partial charge on any atom is 0.230 e. The third-order valence-corrected chi connectivity index (χ3v) is 3.76. The van der Waals surface area contributed by atoms with Crippen LogP contribution in [0.1, 0.15) is 12.5 Å². The Bertz CT molecular complexity index is 387. The van der Waals surface area contributed by atoms with E-state index in [-0.39, 0.29) is 17.8 Å². The molecule has 1 aromatic carbocycles. The lowest BCUT2D eigenvalue weighted by Crippen LogP contribution is -2.28. The number of aliphatic hydroxyl groups excluding tert-OH is 1. The smallest absolute Gasteiger partial charge is 0.230 e. The van der Waals surface area contributed by atoms with Crippen LogP contribution in [0.5, 0.6) is 0 Å². The number of aliphatic hydroxyl groups is 1. The number of rotatable bonds is 7. The molecule has 0 bridgehead atoms. The Morgan fingerprint density at radius 1 is 1.56 bits per heavy atom. The maximum absolute atomic E-state index is 11.5. The molecular formula is C13H18ClNO2S. The van der Waals surface area contributed by atoms with Gasteiger partial charge in [-0.2, -0.15) is 0 Å². The molecule has 100 valence electrons. The summed E-state index contributed by atoms with van der Waals surface area (Å²) < 4.78 is 0. The van der Waals surface area contributed by atoms with Gasteiger partial charge in [0.1, 0.15) is 0 Å². The van der Waals surface area contributed by atoms with Crippen LogP contribution in [0, 0.1) is 0 Å². The van der Waals surface area contributed by atoms with Crippen molar-refractivity contribution in [2.75, 3.05) is 18.9 Å². The molecule has 3 nitrogen and oxygen atoms in total. The van der Waals surface area contributed by atoms with Gasteiger partial charge >= 0.3 is 0 Å². The van der Waals surface area contributed by atoms with Crippen molar-refractivity contribution in [3.63, 3.8) is 0 Å². The summed E-state index contributed by atoms with van der Waals surface area (Å²) in [6.45, 7) is 2.59. The Hall–Kier alpha value is -0.710. The zero-order chi connectivity index (χ0) is 13.4. The maximum atomic E-state index is 11.5. The van der Waals surface area contributed by atoms with Crippen LogP contribution < -0.4 is 5.32 Å². The second-order valence-electron chi connectivity index (χ2n) is 4.03. The summed E-state index contributed by atoms with van der Waals surface area (Å²) in [5.41, 5.74) is 1.11. The summed E-state index contributed by atoms with van der Waals surface area (Å²) in [4.78, 5) is 11.5. The predicted molar refractivity (Wildman–Crippen MR) is 77.2 cm³/mol. The molecule has 1 rings (SSSR count). The summed E-state index contributed by atoms with van der Waals surface area (Å²) >= 11 is 7.32. The number of thioether (sulfide) groups is 1. The molecule has 2 N–H and O–H groups in total. The molecule has 0 saturated heterocycles. The first-order valence-corrected chi connectivity index (χ1v) is 7.28. The Balaban J connectivity index is 2.19. The van der Waals surface area contributed by atoms with Gasteiger partial charge in [-0.3, -0.25) is 4.79 Å². The van der Waals surface area contributed by atoms with Crippen LogP contribution in [0.2, 0.25) is 5.02 Å². The van der Waals surface area contributed by atoms with Crippen LogP contribution in [0.15, 0.2) is 24.3 Å². The molecule has 1 aromatic rings. The highest BCUT2D eigenvalue weighted by Crippen LogP contribution is 2.11. The van der Waals surface area contributed by atoms with Crippen molar-refractivity contribution < 1.29 is 9.90 Å². The van der Waals surface area contributed by atoms with E-state index in [1.165, 1.54) is 11.8 Å². The Labute approximate surface area is 117 Å². The number of nitrogens with one attached hydrogen (secondary N) is 1. The highest BCUT2D eigenvalue weighted by molar-refractivity contribution is 8.00. The predicted octanol–water partition coefficient (Wildman–Crippen LogP) is 2.11.